The van der Waals surface area contributed by atoms with E-state index in [0.717, 1.165) is 30.9 Å². The summed E-state index contributed by atoms with van der Waals surface area (Å²) in [4.78, 5) is 6.31. The maximum atomic E-state index is 5.89. The van der Waals surface area contributed by atoms with E-state index in [9.17, 15) is 0 Å². The van der Waals surface area contributed by atoms with Crippen molar-refractivity contribution in [2.75, 3.05) is 24.7 Å². The third-order valence-electron chi connectivity index (χ3n) is 3.18. The lowest BCUT2D eigenvalue weighted by Crippen LogP contribution is -2.20. The molecule has 4 heteroatoms. The highest BCUT2D eigenvalue weighted by atomic mass is 16.5. The molecule has 3 rings (SSSR count). The minimum atomic E-state index is 0.315. The fourth-order valence-electron chi connectivity index (χ4n) is 2.19. The van der Waals surface area contributed by atoms with Crippen molar-refractivity contribution in [3.8, 4) is 5.75 Å². The Kier molecular flexibility index (Phi) is 3.28. The van der Waals surface area contributed by atoms with E-state index in [0.29, 0.717) is 12.8 Å². The SMILES string of the molecule is C1=CN(c2ccc(OC3CCNC3)cc2)CN=C1. The Bertz CT molecular complexity index is 447. The Hall–Kier alpha value is -1.81. The minimum absolute atomic E-state index is 0.315. The topological polar surface area (TPSA) is 36.9 Å². The first-order chi connectivity index (χ1) is 8.92. The number of anilines is 1. The van der Waals surface area contributed by atoms with Gasteiger partial charge < -0.3 is 15.0 Å². The number of allylic oxidation sites excluding steroid dienone is 1. The zero-order valence-corrected chi connectivity index (χ0v) is 10.2. The monoisotopic (exact) mass is 243 g/mol. The van der Waals surface area contributed by atoms with E-state index in [1.807, 2.05) is 30.6 Å². The Morgan fingerprint density at radius 2 is 2.17 bits per heavy atom. The van der Waals surface area contributed by atoms with E-state index in [4.69, 9.17) is 4.74 Å². The summed E-state index contributed by atoms with van der Waals surface area (Å²) in [6, 6.07) is 8.20. The molecule has 94 valence electrons. The highest BCUT2D eigenvalue weighted by Crippen LogP contribution is 2.22. The minimum Gasteiger partial charge on any atom is -0.489 e. The molecule has 1 aromatic carbocycles. The maximum Gasteiger partial charge on any atom is 0.119 e. The summed E-state index contributed by atoms with van der Waals surface area (Å²) in [7, 11) is 0. The lowest BCUT2D eigenvalue weighted by molar-refractivity contribution is 0.223. The third-order valence-corrected chi connectivity index (χ3v) is 3.18. The number of hydrogen-bond acceptors (Lipinski definition) is 4. The van der Waals surface area contributed by atoms with Crippen molar-refractivity contribution in [2.45, 2.75) is 12.5 Å². The first kappa shape index (κ1) is 11.3. The fraction of sp³-hybridized carbons (Fsp3) is 0.357. The number of ether oxygens (including phenoxy) is 1. The van der Waals surface area contributed by atoms with Crippen LogP contribution in [0.1, 0.15) is 6.42 Å². The lowest BCUT2D eigenvalue weighted by Gasteiger charge is -2.20. The molecular formula is C14H17N3O. The van der Waals surface area contributed by atoms with Crippen LogP contribution in [0.3, 0.4) is 0 Å². The normalized spacial score (nSPS) is 22.4. The highest BCUT2D eigenvalue weighted by molar-refractivity contribution is 5.74. The van der Waals surface area contributed by atoms with Gasteiger partial charge in [0.25, 0.3) is 0 Å². The number of hydrogen-bond donors (Lipinski definition) is 1. The van der Waals surface area contributed by atoms with Crippen LogP contribution >= 0.6 is 0 Å². The zero-order chi connectivity index (χ0) is 12.2. The van der Waals surface area contributed by atoms with E-state index in [1.165, 1.54) is 0 Å². The molecule has 2 aliphatic rings. The molecule has 1 aromatic rings. The van der Waals surface area contributed by atoms with Crippen molar-refractivity contribution in [3.63, 3.8) is 0 Å². The quantitative estimate of drug-likeness (QED) is 0.879. The lowest BCUT2D eigenvalue weighted by atomic mass is 10.2. The molecule has 2 aliphatic heterocycles. The molecule has 1 atom stereocenters. The number of aliphatic imine (C=N–C) groups is 1. The molecule has 0 spiro atoms. The van der Waals surface area contributed by atoms with Crippen LogP contribution in [0.25, 0.3) is 0 Å². The maximum absolute atomic E-state index is 5.89. The summed E-state index contributed by atoms with van der Waals surface area (Å²) in [6.45, 7) is 2.69. The van der Waals surface area contributed by atoms with Crippen LogP contribution in [-0.4, -0.2) is 32.1 Å². The van der Waals surface area contributed by atoms with Crippen LogP contribution in [0.2, 0.25) is 0 Å². The molecule has 1 N–H and O–H groups in total. The number of nitrogens with one attached hydrogen (secondary N) is 1. The van der Waals surface area contributed by atoms with E-state index in [-0.39, 0.29) is 0 Å². The van der Waals surface area contributed by atoms with Crippen LogP contribution < -0.4 is 15.0 Å². The Morgan fingerprint density at radius 3 is 2.83 bits per heavy atom. The molecule has 18 heavy (non-hydrogen) atoms. The molecule has 1 fully saturated rings. The highest BCUT2D eigenvalue weighted by Gasteiger charge is 2.15. The summed E-state index contributed by atoms with van der Waals surface area (Å²) in [5.41, 5.74) is 1.14. The average molecular weight is 243 g/mol. The van der Waals surface area contributed by atoms with Gasteiger partial charge in [-0.25, -0.2) is 0 Å². The Morgan fingerprint density at radius 1 is 1.28 bits per heavy atom. The molecule has 1 unspecified atom stereocenters. The predicted octanol–water partition coefficient (Wildman–Crippen LogP) is 1.79. The second kappa shape index (κ2) is 5.23. The molecule has 0 saturated carbocycles. The van der Waals surface area contributed by atoms with Crippen molar-refractivity contribution in [2.24, 2.45) is 4.99 Å². The Balaban J connectivity index is 1.65. The van der Waals surface area contributed by atoms with Crippen molar-refractivity contribution in [1.29, 1.82) is 0 Å². The van der Waals surface area contributed by atoms with Crippen LogP contribution in [0, 0.1) is 0 Å². The van der Waals surface area contributed by atoms with Gasteiger partial charge in [0.05, 0.1) is 0 Å². The molecule has 2 heterocycles. The second-order valence-corrected chi connectivity index (χ2v) is 4.51. The second-order valence-electron chi connectivity index (χ2n) is 4.51. The van der Waals surface area contributed by atoms with Gasteiger partial charge in [-0.1, -0.05) is 0 Å². The summed E-state index contributed by atoms with van der Waals surface area (Å²) >= 11 is 0. The van der Waals surface area contributed by atoms with Gasteiger partial charge in [-0.3, -0.25) is 4.99 Å². The van der Waals surface area contributed by atoms with Gasteiger partial charge in [0.1, 0.15) is 18.5 Å². The van der Waals surface area contributed by atoms with Crippen LogP contribution in [-0.2, 0) is 0 Å². The standard InChI is InChI=1S/C14H17N3O/c1-7-16-11-17(9-1)12-2-4-13(5-3-12)18-14-6-8-15-10-14/h1-5,7,9,14-15H,6,8,10-11H2. The summed E-state index contributed by atoms with van der Waals surface area (Å²) in [5.74, 6) is 0.942. The predicted molar refractivity (Wildman–Crippen MR) is 73.3 cm³/mol. The van der Waals surface area contributed by atoms with Crippen molar-refractivity contribution >= 4 is 11.9 Å². The summed E-state index contributed by atoms with van der Waals surface area (Å²) in [6.07, 6.45) is 7.20. The average Bonchev–Trinajstić information content (AvgIpc) is 2.94. The number of rotatable bonds is 3. The molecule has 0 radical (unpaired) electrons. The number of benzene rings is 1. The van der Waals surface area contributed by atoms with E-state index in [1.54, 1.807) is 0 Å². The molecule has 0 aliphatic carbocycles. The summed E-state index contributed by atoms with van der Waals surface area (Å²) in [5, 5.41) is 3.30. The van der Waals surface area contributed by atoms with E-state index < -0.39 is 0 Å². The largest absolute Gasteiger partial charge is 0.489 e. The van der Waals surface area contributed by atoms with Crippen molar-refractivity contribution in [1.82, 2.24) is 5.32 Å². The molecule has 0 bridgehead atoms. The van der Waals surface area contributed by atoms with Crippen LogP contribution in [0.5, 0.6) is 5.75 Å². The first-order valence-corrected chi connectivity index (χ1v) is 6.32. The van der Waals surface area contributed by atoms with Gasteiger partial charge in [-0.15, -0.1) is 0 Å². The van der Waals surface area contributed by atoms with Gasteiger partial charge in [-0.2, -0.15) is 0 Å². The molecule has 4 nitrogen and oxygen atoms in total. The van der Waals surface area contributed by atoms with Gasteiger partial charge in [-0.05, 0) is 43.3 Å². The van der Waals surface area contributed by atoms with Crippen LogP contribution in [0.4, 0.5) is 5.69 Å². The molecular weight excluding hydrogens is 226 g/mol. The van der Waals surface area contributed by atoms with Crippen LogP contribution in [0.15, 0.2) is 41.5 Å². The third kappa shape index (κ3) is 2.54. The van der Waals surface area contributed by atoms with Gasteiger partial charge in [0, 0.05) is 24.6 Å². The van der Waals surface area contributed by atoms with Gasteiger partial charge >= 0.3 is 0 Å². The van der Waals surface area contributed by atoms with E-state index in [2.05, 4.69) is 27.3 Å². The van der Waals surface area contributed by atoms with Crippen molar-refractivity contribution < 1.29 is 4.74 Å². The fourth-order valence-corrected chi connectivity index (χ4v) is 2.19. The molecule has 0 aromatic heterocycles. The summed E-state index contributed by atoms with van der Waals surface area (Å²) < 4.78 is 5.89. The molecule has 0 amide bonds. The van der Waals surface area contributed by atoms with Gasteiger partial charge in [0.2, 0.25) is 0 Å². The zero-order valence-electron chi connectivity index (χ0n) is 10.2. The first-order valence-electron chi connectivity index (χ1n) is 6.32. The van der Waals surface area contributed by atoms with Gasteiger partial charge in [0.15, 0.2) is 0 Å². The number of nitrogens with zero attached hydrogens (tertiary/aromatic N) is 2. The van der Waals surface area contributed by atoms with E-state index >= 15 is 0 Å². The smallest absolute Gasteiger partial charge is 0.119 e. The Labute approximate surface area is 107 Å². The van der Waals surface area contributed by atoms with Crippen molar-refractivity contribution in [3.05, 3.63) is 36.5 Å². The molecule has 1 saturated heterocycles.